The van der Waals surface area contributed by atoms with Crippen molar-refractivity contribution in [3.63, 3.8) is 0 Å². The van der Waals surface area contributed by atoms with Crippen molar-refractivity contribution in [2.45, 2.75) is 24.8 Å². The lowest BCUT2D eigenvalue weighted by atomic mass is 9.74. The summed E-state index contributed by atoms with van der Waals surface area (Å²) in [5.74, 6) is 0.654. The van der Waals surface area contributed by atoms with E-state index in [-0.39, 0.29) is 0 Å². The molecule has 3 rings (SSSR count). The molecule has 1 aliphatic rings. The highest BCUT2D eigenvalue weighted by atomic mass is 14.7. The Bertz CT molecular complexity index is 498. The van der Waals surface area contributed by atoms with E-state index in [9.17, 15) is 0 Å². The first-order chi connectivity index (χ1) is 8.34. The van der Waals surface area contributed by atoms with E-state index in [1.807, 2.05) is 0 Å². The maximum atomic E-state index is 5.89. The van der Waals surface area contributed by atoms with Gasteiger partial charge < -0.3 is 5.73 Å². The zero-order chi connectivity index (χ0) is 11.7. The molecule has 0 bridgehead atoms. The van der Waals surface area contributed by atoms with Crippen LogP contribution in [0.4, 0.5) is 0 Å². The zero-order valence-electron chi connectivity index (χ0n) is 9.84. The zero-order valence-corrected chi connectivity index (χ0v) is 9.84. The van der Waals surface area contributed by atoms with Crippen molar-refractivity contribution in [2.24, 2.45) is 5.73 Å². The van der Waals surface area contributed by atoms with Crippen LogP contribution in [0.25, 0.3) is 11.1 Å². The van der Waals surface area contributed by atoms with Crippen LogP contribution in [0.5, 0.6) is 0 Å². The number of rotatable bonds is 2. The van der Waals surface area contributed by atoms with Crippen LogP contribution in [0.2, 0.25) is 0 Å². The third kappa shape index (κ3) is 1.98. The highest BCUT2D eigenvalue weighted by Gasteiger charge is 2.28. The predicted molar refractivity (Wildman–Crippen MR) is 71.8 cm³/mol. The molecular weight excluding hydrogens is 206 g/mol. The van der Waals surface area contributed by atoms with Crippen LogP contribution in [0.3, 0.4) is 0 Å². The Balaban J connectivity index is 2.00. The van der Waals surface area contributed by atoms with Crippen molar-refractivity contribution in [3.8, 4) is 11.1 Å². The van der Waals surface area contributed by atoms with E-state index in [2.05, 4.69) is 54.6 Å². The van der Waals surface area contributed by atoms with Gasteiger partial charge in [0.25, 0.3) is 0 Å². The summed E-state index contributed by atoms with van der Waals surface area (Å²) in [6, 6.07) is 19.7. The first kappa shape index (κ1) is 10.5. The van der Waals surface area contributed by atoms with Gasteiger partial charge in [0.2, 0.25) is 0 Å². The Kier molecular flexibility index (Phi) is 2.69. The second kappa shape index (κ2) is 4.34. The third-order valence-corrected chi connectivity index (χ3v) is 3.66. The van der Waals surface area contributed by atoms with E-state index in [1.54, 1.807) is 0 Å². The van der Waals surface area contributed by atoms with E-state index >= 15 is 0 Å². The van der Waals surface area contributed by atoms with Gasteiger partial charge in [-0.3, -0.25) is 0 Å². The predicted octanol–water partition coefficient (Wildman–Crippen LogP) is 3.56. The second-order valence-corrected chi connectivity index (χ2v) is 4.88. The fourth-order valence-corrected chi connectivity index (χ4v) is 2.65. The van der Waals surface area contributed by atoms with Crippen LogP contribution < -0.4 is 5.73 Å². The van der Waals surface area contributed by atoms with Gasteiger partial charge in [0.15, 0.2) is 0 Å². The number of nitrogens with two attached hydrogens (primary N) is 1. The number of hydrogen-bond acceptors (Lipinski definition) is 1. The molecule has 1 aliphatic carbocycles. The standard InChI is InChI=1S/C16H17N/c17-14-10-13(11-14)16-9-5-4-8-15(16)12-6-2-1-3-7-12/h1-9,13-14H,10-11,17H2. The fourth-order valence-electron chi connectivity index (χ4n) is 2.65. The normalized spacial score (nSPS) is 23.1. The highest BCUT2D eigenvalue weighted by Crippen LogP contribution is 2.40. The lowest BCUT2D eigenvalue weighted by Gasteiger charge is -2.34. The molecule has 0 unspecified atom stereocenters. The van der Waals surface area contributed by atoms with Crippen LogP contribution in [0.1, 0.15) is 24.3 Å². The summed E-state index contributed by atoms with van der Waals surface area (Å²) in [7, 11) is 0. The summed E-state index contributed by atoms with van der Waals surface area (Å²) in [4.78, 5) is 0. The molecule has 86 valence electrons. The van der Waals surface area contributed by atoms with Gasteiger partial charge in [0, 0.05) is 6.04 Å². The average molecular weight is 223 g/mol. The Hall–Kier alpha value is -1.60. The number of benzene rings is 2. The minimum Gasteiger partial charge on any atom is -0.328 e. The molecule has 0 saturated heterocycles. The lowest BCUT2D eigenvalue weighted by Crippen LogP contribution is -2.34. The number of hydrogen-bond donors (Lipinski definition) is 1. The van der Waals surface area contributed by atoms with Crippen molar-refractivity contribution in [2.75, 3.05) is 0 Å². The molecule has 2 aromatic rings. The van der Waals surface area contributed by atoms with E-state index in [4.69, 9.17) is 5.73 Å². The molecule has 0 aliphatic heterocycles. The van der Waals surface area contributed by atoms with E-state index in [1.165, 1.54) is 16.7 Å². The highest BCUT2D eigenvalue weighted by molar-refractivity contribution is 5.68. The van der Waals surface area contributed by atoms with Crippen molar-refractivity contribution >= 4 is 0 Å². The Labute approximate surface area is 102 Å². The lowest BCUT2D eigenvalue weighted by molar-refractivity contribution is 0.352. The van der Waals surface area contributed by atoms with Gasteiger partial charge in [-0.05, 0) is 35.4 Å². The summed E-state index contributed by atoms with van der Waals surface area (Å²) in [5.41, 5.74) is 10.0. The largest absolute Gasteiger partial charge is 0.328 e. The minimum absolute atomic E-state index is 0.406. The molecule has 0 heterocycles. The Morgan fingerprint density at radius 1 is 0.824 bits per heavy atom. The van der Waals surface area contributed by atoms with E-state index in [0.717, 1.165) is 12.8 Å². The van der Waals surface area contributed by atoms with Crippen molar-refractivity contribution in [1.82, 2.24) is 0 Å². The molecule has 0 atom stereocenters. The minimum atomic E-state index is 0.406. The van der Waals surface area contributed by atoms with Crippen LogP contribution in [-0.2, 0) is 0 Å². The maximum absolute atomic E-state index is 5.89. The molecule has 17 heavy (non-hydrogen) atoms. The molecule has 1 heteroatoms. The summed E-state index contributed by atoms with van der Waals surface area (Å²) in [6.07, 6.45) is 2.26. The molecule has 0 spiro atoms. The van der Waals surface area contributed by atoms with Gasteiger partial charge in [0.05, 0.1) is 0 Å². The third-order valence-electron chi connectivity index (χ3n) is 3.66. The first-order valence-electron chi connectivity index (χ1n) is 6.24. The topological polar surface area (TPSA) is 26.0 Å². The average Bonchev–Trinajstić information content (AvgIpc) is 2.36. The van der Waals surface area contributed by atoms with Gasteiger partial charge in [0.1, 0.15) is 0 Å². The monoisotopic (exact) mass is 223 g/mol. The second-order valence-electron chi connectivity index (χ2n) is 4.88. The summed E-state index contributed by atoms with van der Waals surface area (Å²) >= 11 is 0. The van der Waals surface area contributed by atoms with E-state index in [0.29, 0.717) is 12.0 Å². The Morgan fingerprint density at radius 2 is 1.47 bits per heavy atom. The van der Waals surface area contributed by atoms with Crippen LogP contribution in [0.15, 0.2) is 54.6 Å². The van der Waals surface area contributed by atoms with Crippen LogP contribution in [-0.4, -0.2) is 6.04 Å². The van der Waals surface area contributed by atoms with Gasteiger partial charge in [-0.15, -0.1) is 0 Å². The quantitative estimate of drug-likeness (QED) is 0.827. The Morgan fingerprint density at radius 3 is 2.18 bits per heavy atom. The molecule has 2 aromatic carbocycles. The maximum Gasteiger partial charge on any atom is 0.00505 e. The van der Waals surface area contributed by atoms with Crippen molar-refractivity contribution < 1.29 is 0 Å². The van der Waals surface area contributed by atoms with Gasteiger partial charge in [-0.1, -0.05) is 54.6 Å². The molecule has 0 amide bonds. The summed E-state index contributed by atoms with van der Waals surface area (Å²) in [6.45, 7) is 0. The first-order valence-corrected chi connectivity index (χ1v) is 6.24. The molecule has 1 saturated carbocycles. The molecule has 0 aromatic heterocycles. The van der Waals surface area contributed by atoms with Crippen molar-refractivity contribution in [1.29, 1.82) is 0 Å². The van der Waals surface area contributed by atoms with E-state index < -0.39 is 0 Å². The molecule has 0 radical (unpaired) electrons. The molecule has 1 fully saturated rings. The fraction of sp³-hybridized carbons (Fsp3) is 0.250. The SMILES string of the molecule is NC1CC(c2ccccc2-c2ccccc2)C1. The van der Waals surface area contributed by atoms with Gasteiger partial charge in [-0.25, -0.2) is 0 Å². The summed E-state index contributed by atoms with van der Waals surface area (Å²) < 4.78 is 0. The molecular formula is C16H17N. The summed E-state index contributed by atoms with van der Waals surface area (Å²) in [5, 5.41) is 0. The van der Waals surface area contributed by atoms with Gasteiger partial charge in [-0.2, -0.15) is 0 Å². The van der Waals surface area contributed by atoms with Gasteiger partial charge >= 0.3 is 0 Å². The molecule has 1 nitrogen and oxygen atoms in total. The van der Waals surface area contributed by atoms with Crippen molar-refractivity contribution in [3.05, 3.63) is 60.2 Å². The van der Waals surface area contributed by atoms with Crippen LogP contribution >= 0.6 is 0 Å². The smallest absolute Gasteiger partial charge is 0.00505 e. The molecule has 2 N–H and O–H groups in total. The van der Waals surface area contributed by atoms with Crippen LogP contribution in [0, 0.1) is 0 Å².